The summed E-state index contributed by atoms with van der Waals surface area (Å²) in [6.07, 6.45) is 9.93. The third-order valence-corrected chi connectivity index (χ3v) is 12.1. The number of H-pyrrole nitrogens is 1. The Morgan fingerprint density at radius 2 is 0.915 bits per heavy atom. The maximum atomic E-state index is 4.95. The lowest BCUT2D eigenvalue weighted by Gasteiger charge is -2.28. The fourth-order valence-corrected chi connectivity index (χ4v) is 9.17. The van der Waals surface area contributed by atoms with Crippen LogP contribution in [0.5, 0.6) is 0 Å². The minimum Gasteiger partial charge on any atom is -0.331 e. The predicted molar refractivity (Wildman–Crippen MR) is 317 cm³/mol. The van der Waals surface area contributed by atoms with Gasteiger partial charge in [-0.25, -0.2) is 15.0 Å². The van der Waals surface area contributed by atoms with Gasteiger partial charge < -0.3 is 8.97 Å². The van der Waals surface area contributed by atoms with Crippen LogP contribution in [0.3, 0.4) is 0 Å². The van der Waals surface area contributed by atoms with E-state index in [1.54, 1.807) is 11.3 Å². The van der Waals surface area contributed by atoms with E-state index in [9.17, 15) is 0 Å². The first-order chi connectivity index (χ1) is 32.4. The summed E-state index contributed by atoms with van der Waals surface area (Å²) in [5.74, 6) is 1.31. The largest absolute Gasteiger partial charge is 0.331 e. The van der Waals surface area contributed by atoms with Gasteiger partial charge in [0, 0.05) is 80.0 Å². The molecule has 6 aromatic heterocycles. The number of rotatable bonds is 0. The molecule has 0 amide bonds. The molecule has 0 saturated heterocycles. The molecule has 0 aliphatic carbocycles. The van der Waals surface area contributed by atoms with Gasteiger partial charge in [0.1, 0.15) is 11.5 Å². The Labute approximate surface area is 442 Å². The normalized spacial score (nSPS) is 13.1. The molecule has 9 heteroatoms. The van der Waals surface area contributed by atoms with Gasteiger partial charge >= 0.3 is 0 Å². The molecule has 0 spiro atoms. The Hall–Kier alpha value is -3.72. The van der Waals surface area contributed by atoms with Crippen molar-refractivity contribution in [1.29, 1.82) is 0 Å². The van der Waals surface area contributed by atoms with Crippen molar-refractivity contribution in [1.82, 2.24) is 38.5 Å². The zero-order valence-electron chi connectivity index (χ0n) is 52.4. The maximum absolute atomic E-state index is 4.95. The van der Waals surface area contributed by atoms with Crippen LogP contribution in [0, 0.1) is 0 Å². The summed E-state index contributed by atoms with van der Waals surface area (Å²) < 4.78 is 6.95. The molecule has 6 aromatic rings. The molecular weight excluding hydrogens is 889 g/mol. The molecule has 1 aliphatic heterocycles. The van der Waals surface area contributed by atoms with Crippen molar-refractivity contribution in [2.45, 2.75) is 291 Å². The number of nitrogens with one attached hydrogen (secondary N) is 1. The SMILES string of the molecule is CC.CC.CC.CC.CC(C)(C)c1cn[nH]c1C(C)(C)C.CC(C)(C)c1nc2ccccn2c1C(C)(C)C.CC(C)(C)c1nc2n(c1C(C)(C)C)CCCC2.CC(C)(C)c1nc2sccn2c1C(C)(C)C. The molecule has 0 saturated carbocycles. The molecule has 0 unspecified atom stereocenters. The maximum Gasteiger partial charge on any atom is 0.194 e. The van der Waals surface area contributed by atoms with E-state index in [4.69, 9.17) is 15.0 Å². The highest BCUT2D eigenvalue weighted by atomic mass is 32.1. The van der Waals surface area contributed by atoms with Crippen LogP contribution in [-0.2, 0) is 56.3 Å². The van der Waals surface area contributed by atoms with Crippen LogP contribution in [-0.4, -0.2) is 38.5 Å². The number of aromatic amines is 1. The highest BCUT2D eigenvalue weighted by Gasteiger charge is 2.34. The molecule has 0 atom stereocenters. The van der Waals surface area contributed by atoms with E-state index < -0.39 is 0 Å². The van der Waals surface area contributed by atoms with Crippen LogP contribution in [0.15, 0.2) is 42.2 Å². The van der Waals surface area contributed by atoms with E-state index in [-0.39, 0.29) is 43.3 Å². The highest BCUT2D eigenvalue weighted by molar-refractivity contribution is 7.15. The lowest BCUT2D eigenvalue weighted by molar-refractivity contribution is 0.449. The van der Waals surface area contributed by atoms with E-state index in [1.165, 1.54) is 64.1 Å². The van der Waals surface area contributed by atoms with Crippen LogP contribution in [0.25, 0.3) is 10.6 Å². The second-order valence-corrected chi connectivity index (χ2v) is 27.0. The van der Waals surface area contributed by atoms with Crippen LogP contribution >= 0.6 is 11.3 Å². The monoisotopic (exact) mass is 1000 g/mol. The van der Waals surface area contributed by atoms with E-state index in [0.717, 1.165) is 23.6 Å². The molecular formula is C62H112N8S. The standard InChI is InChI=1S/C15H26N2.C15H22N2.C13H20N2S.C11H20N2.4C2H6/c2*1-14(2,3)12-13(15(4,5)6)17-10-8-7-9-11(17)16-12;1-12(2,3)9-10(13(4,5)6)15-7-8-16-11(15)14-9;1-10(2,3)8-7-12-13-9(8)11(4,5)6;4*1-2/h7-10H2,1-6H3;7-10H,1-6H3;7-8H,1-6H3;7H,1-6H3,(H,12,13);4*1-2H3. The molecule has 0 aromatic carbocycles. The van der Waals surface area contributed by atoms with Gasteiger partial charge in [-0.05, 0) is 36.0 Å². The van der Waals surface area contributed by atoms with Gasteiger partial charge in [0.15, 0.2) is 4.96 Å². The van der Waals surface area contributed by atoms with Gasteiger partial charge in [0.05, 0.1) is 34.7 Å². The summed E-state index contributed by atoms with van der Waals surface area (Å²) in [6.45, 7) is 71.0. The third-order valence-electron chi connectivity index (χ3n) is 11.3. The number of hydrogen-bond acceptors (Lipinski definition) is 5. The first-order valence-corrected chi connectivity index (χ1v) is 28.3. The number of aromatic nitrogens is 8. The Balaban J connectivity index is 0.000000881. The molecule has 406 valence electrons. The first kappa shape index (κ1) is 67.3. The Kier molecular flexibility index (Phi) is 25.1. The number of thiazole rings is 1. The number of nitrogens with zero attached hydrogens (tertiary/aromatic N) is 7. The summed E-state index contributed by atoms with van der Waals surface area (Å²) in [7, 11) is 0. The Bertz CT molecular complexity index is 2390. The molecule has 7 heterocycles. The highest BCUT2D eigenvalue weighted by Crippen LogP contribution is 2.38. The molecule has 0 radical (unpaired) electrons. The molecule has 7 rings (SSSR count). The van der Waals surface area contributed by atoms with Gasteiger partial charge in [0.2, 0.25) is 0 Å². The third kappa shape index (κ3) is 18.3. The molecule has 1 aliphatic rings. The van der Waals surface area contributed by atoms with Crippen molar-refractivity contribution in [3.05, 3.63) is 93.4 Å². The lowest BCUT2D eigenvalue weighted by atomic mass is 9.80. The van der Waals surface area contributed by atoms with E-state index in [0.29, 0.717) is 0 Å². The van der Waals surface area contributed by atoms with Gasteiger partial charge in [-0.15, -0.1) is 11.3 Å². The lowest BCUT2D eigenvalue weighted by Crippen LogP contribution is -2.25. The Morgan fingerprint density at radius 1 is 0.465 bits per heavy atom. The van der Waals surface area contributed by atoms with Crippen LogP contribution in [0.4, 0.5) is 0 Å². The van der Waals surface area contributed by atoms with Crippen LogP contribution in [0.2, 0.25) is 0 Å². The summed E-state index contributed by atoms with van der Waals surface area (Å²) in [6, 6.07) is 6.18. The van der Waals surface area contributed by atoms with Crippen molar-refractivity contribution < 1.29 is 0 Å². The second kappa shape index (κ2) is 26.5. The molecule has 0 fully saturated rings. The number of fused-ring (bicyclic) bond motifs is 3. The van der Waals surface area contributed by atoms with Crippen molar-refractivity contribution in [3.63, 3.8) is 0 Å². The topological polar surface area (TPSA) is 81.1 Å². The number of hydrogen-bond donors (Lipinski definition) is 1. The van der Waals surface area contributed by atoms with E-state index >= 15 is 0 Å². The number of pyridine rings is 1. The van der Waals surface area contributed by atoms with Crippen molar-refractivity contribution in [3.8, 4) is 0 Å². The average molecular weight is 1000 g/mol. The van der Waals surface area contributed by atoms with E-state index in [1.807, 2.05) is 67.7 Å². The summed E-state index contributed by atoms with van der Waals surface area (Å²) in [5, 5.41) is 9.33. The van der Waals surface area contributed by atoms with E-state index in [2.05, 4.69) is 220 Å². The molecule has 0 bridgehead atoms. The van der Waals surface area contributed by atoms with Gasteiger partial charge in [0.25, 0.3) is 0 Å². The summed E-state index contributed by atoms with van der Waals surface area (Å²) in [4.78, 5) is 15.7. The minimum absolute atomic E-state index is 0.0780. The smallest absolute Gasteiger partial charge is 0.194 e. The average Bonchev–Trinajstić information content (AvgIpc) is 4.09. The molecule has 8 nitrogen and oxygen atoms in total. The Morgan fingerprint density at radius 3 is 1.34 bits per heavy atom. The predicted octanol–water partition coefficient (Wildman–Crippen LogP) is 18.8. The zero-order chi connectivity index (χ0) is 56.1. The second-order valence-electron chi connectivity index (χ2n) is 26.1. The fraction of sp³-hybridized carbons (Fsp3) is 0.710. The minimum atomic E-state index is 0.0780. The summed E-state index contributed by atoms with van der Waals surface area (Å²) in [5.41, 5.74) is 12.5. The van der Waals surface area contributed by atoms with Crippen molar-refractivity contribution >= 4 is 21.9 Å². The van der Waals surface area contributed by atoms with Gasteiger partial charge in [-0.2, -0.15) is 5.10 Å². The summed E-state index contributed by atoms with van der Waals surface area (Å²) >= 11 is 1.71. The quantitative estimate of drug-likeness (QED) is 0.164. The van der Waals surface area contributed by atoms with Crippen molar-refractivity contribution in [2.75, 3.05) is 0 Å². The molecule has 1 N–H and O–H groups in total. The first-order valence-electron chi connectivity index (χ1n) is 27.5. The fourth-order valence-electron chi connectivity index (χ4n) is 8.45. The molecule has 71 heavy (non-hydrogen) atoms. The van der Waals surface area contributed by atoms with Gasteiger partial charge in [-0.3, -0.25) is 9.50 Å². The van der Waals surface area contributed by atoms with Crippen LogP contribution in [0.1, 0.15) is 286 Å². The van der Waals surface area contributed by atoms with Gasteiger partial charge in [-0.1, -0.05) is 228 Å². The number of aryl methyl sites for hydroxylation is 1. The van der Waals surface area contributed by atoms with Crippen LogP contribution < -0.4 is 0 Å². The zero-order valence-corrected chi connectivity index (χ0v) is 53.2. The van der Waals surface area contributed by atoms with Crippen molar-refractivity contribution in [2.24, 2.45) is 0 Å². The number of imidazole rings is 3.